The van der Waals surface area contributed by atoms with Crippen LogP contribution in [0.25, 0.3) is 11.0 Å². The molecule has 4 aromatic rings. The van der Waals surface area contributed by atoms with Crippen LogP contribution in [0.5, 0.6) is 5.75 Å². The van der Waals surface area contributed by atoms with E-state index in [9.17, 15) is 9.18 Å². The van der Waals surface area contributed by atoms with Gasteiger partial charge in [-0.1, -0.05) is 12.1 Å². The molecular formula is C23H14FNO3. The molecule has 1 heterocycles. The molecule has 0 aliphatic heterocycles. The van der Waals surface area contributed by atoms with E-state index in [0.29, 0.717) is 40.0 Å². The van der Waals surface area contributed by atoms with Crippen LogP contribution in [-0.4, -0.2) is 5.78 Å². The van der Waals surface area contributed by atoms with Gasteiger partial charge >= 0.3 is 0 Å². The summed E-state index contributed by atoms with van der Waals surface area (Å²) < 4.78 is 24.4. The second-order valence-electron chi connectivity index (χ2n) is 6.24. The fraction of sp³-hybridized carbons (Fsp3) is 0.0435. The van der Waals surface area contributed by atoms with Crippen molar-refractivity contribution < 1.29 is 18.3 Å². The summed E-state index contributed by atoms with van der Waals surface area (Å²) in [5.41, 5.74) is 2.86. The van der Waals surface area contributed by atoms with E-state index >= 15 is 0 Å². The van der Waals surface area contributed by atoms with Crippen molar-refractivity contribution in [2.45, 2.75) is 6.61 Å². The number of halogens is 1. The number of nitriles is 1. The van der Waals surface area contributed by atoms with Crippen molar-refractivity contribution in [3.8, 4) is 11.8 Å². The van der Waals surface area contributed by atoms with Gasteiger partial charge in [0.1, 0.15) is 30.0 Å². The van der Waals surface area contributed by atoms with E-state index in [1.54, 1.807) is 30.3 Å². The van der Waals surface area contributed by atoms with Crippen molar-refractivity contribution in [3.63, 3.8) is 0 Å². The number of hydrogen-bond acceptors (Lipinski definition) is 4. The minimum Gasteiger partial charge on any atom is -0.489 e. The number of furan rings is 1. The quantitative estimate of drug-likeness (QED) is 0.449. The highest BCUT2D eigenvalue weighted by Crippen LogP contribution is 2.28. The Labute approximate surface area is 160 Å². The summed E-state index contributed by atoms with van der Waals surface area (Å²) in [4.78, 5) is 12.7. The van der Waals surface area contributed by atoms with Crippen molar-refractivity contribution >= 4 is 16.8 Å². The van der Waals surface area contributed by atoms with Gasteiger partial charge in [-0.05, 0) is 60.2 Å². The Morgan fingerprint density at radius 2 is 1.79 bits per heavy atom. The van der Waals surface area contributed by atoms with Crippen LogP contribution < -0.4 is 4.74 Å². The van der Waals surface area contributed by atoms with E-state index in [1.165, 1.54) is 30.5 Å². The molecule has 0 aliphatic carbocycles. The molecule has 0 spiro atoms. The van der Waals surface area contributed by atoms with Gasteiger partial charge in [-0.15, -0.1) is 0 Å². The lowest BCUT2D eigenvalue weighted by molar-refractivity contribution is 0.103. The maximum absolute atomic E-state index is 13.1. The molecule has 0 bridgehead atoms. The van der Waals surface area contributed by atoms with Gasteiger partial charge in [0.2, 0.25) is 0 Å². The van der Waals surface area contributed by atoms with Crippen molar-refractivity contribution in [3.05, 3.63) is 101 Å². The molecule has 0 amide bonds. The maximum atomic E-state index is 13.1. The molecule has 5 heteroatoms. The molecule has 1 aromatic heterocycles. The predicted molar refractivity (Wildman–Crippen MR) is 102 cm³/mol. The molecule has 0 atom stereocenters. The Hall–Kier alpha value is -3.91. The largest absolute Gasteiger partial charge is 0.489 e. The second kappa shape index (κ2) is 7.37. The summed E-state index contributed by atoms with van der Waals surface area (Å²) in [6, 6.07) is 19.9. The van der Waals surface area contributed by atoms with E-state index < -0.39 is 5.82 Å². The van der Waals surface area contributed by atoms with Crippen LogP contribution in [0.4, 0.5) is 4.39 Å². The minimum atomic E-state index is -0.396. The number of nitrogens with zero attached hydrogens (tertiary/aromatic N) is 1. The van der Waals surface area contributed by atoms with Crippen LogP contribution in [0, 0.1) is 17.1 Å². The zero-order valence-corrected chi connectivity index (χ0v) is 14.7. The normalized spacial score (nSPS) is 10.6. The molecular weight excluding hydrogens is 357 g/mol. The average Bonchev–Trinajstić information content (AvgIpc) is 3.16. The number of ether oxygens (including phenoxy) is 1. The smallest absolute Gasteiger partial charge is 0.196 e. The molecule has 4 rings (SSSR count). The van der Waals surface area contributed by atoms with Crippen molar-refractivity contribution in [1.29, 1.82) is 5.26 Å². The third-order valence-corrected chi connectivity index (χ3v) is 4.38. The lowest BCUT2D eigenvalue weighted by atomic mass is 10.0. The van der Waals surface area contributed by atoms with Crippen LogP contribution in [0.1, 0.15) is 27.0 Å². The van der Waals surface area contributed by atoms with Gasteiger partial charge < -0.3 is 9.15 Å². The Bertz CT molecular complexity index is 1190. The lowest BCUT2D eigenvalue weighted by Crippen LogP contribution is -2.00. The van der Waals surface area contributed by atoms with Crippen LogP contribution in [0.3, 0.4) is 0 Å². The number of carbonyl (C=O) groups is 1. The fourth-order valence-electron chi connectivity index (χ4n) is 2.87. The van der Waals surface area contributed by atoms with Gasteiger partial charge in [-0.3, -0.25) is 4.79 Å². The molecule has 136 valence electrons. The topological polar surface area (TPSA) is 63.2 Å². The number of ketones is 1. The molecule has 0 unspecified atom stereocenters. The van der Waals surface area contributed by atoms with Crippen LogP contribution in [-0.2, 0) is 6.61 Å². The molecule has 28 heavy (non-hydrogen) atoms. The van der Waals surface area contributed by atoms with Crippen molar-refractivity contribution in [2.24, 2.45) is 0 Å². The number of rotatable bonds is 5. The maximum Gasteiger partial charge on any atom is 0.196 e. The van der Waals surface area contributed by atoms with E-state index in [2.05, 4.69) is 6.07 Å². The zero-order valence-electron chi connectivity index (χ0n) is 14.7. The van der Waals surface area contributed by atoms with E-state index in [-0.39, 0.29) is 5.78 Å². The molecule has 0 saturated carbocycles. The third kappa shape index (κ3) is 3.49. The highest BCUT2D eigenvalue weighted by Gasteiger charge is 2.16. The highest BCUT2D eigenvalue weighted by molar-refractivity contribution is 6.16. The first-order valence-corrected chi connectivity index (χ1v) is 8.57. The van der Waals surface area contributed by atoms with Crippen LogP contribution in [0.15, 0.2) is 77.4 Å². The van der Waals surface area contributed by atoms with Gasteiger partial charge in [0.15, 0.2) is 5.78 Å². The Morgan fingerprint density at radius 3 is 2.50 bits per heavy atom. The summed E-state index contributed by atoms with van der Waals surface area (Å²) in [6.07, 6.45) is 1.40. The molecule has 0 radical (unpaired) electrons. The zero-order chi connectivity index (χ0) is 19.5. The Balaban J connectivity index is 1.58. The molecule has 0 fully saturated rings. The number of carbonyl (C=O) groups excluding carboxylic acids is 1. The number of benzene rings is 3. The second-order valence-corrected chi connectivity index (χ2v) is 6.24. The summed E-state index contributed by atoms with van der Waals surface area (Å²) in [7, 11) is 0. The van der Waals surface area contributed by atoms with Gasteiger partial charge in [-0.2, -0.15) is 5.26 Å². The van der Waals surface area contributed by atoms with E-state index in [0.717, 1.165) is 5.56 Å². The molecule has 0 N–H and O–H groups in total. The first kappa shape index (κ1) is 17.5. The van der Waals surface area contributed by atoms with Crippen LogP contribution >= 0.6 is 0 Å². The van der Waals surface area contributed by atoms with E-state index in [1.807, 2.05) is 12.1 Å². The van der Waals surface area contributed by atoms with Gasteiger partial charge in [0, 0.05) is 10.9 Å². The van der Waals surface area contributed by atoms with Gasteiger partial charge in [0.25, 0.3) is 0 Å². The summed E-state index contributed by atoms with van der Waals surface area (Å²) in [6.45, 7) is 0.330. The molecule has 0 saturated heterocycles. The summed E-state index contributed by atoms with van der Waals surface area (Å²) in [5.74, 6) is -0.0542. The minimum absolute atomic E-state index is 0.247. The summed E-state index contributed by atoms with van der Waals surface area (Å²) in [5, 5.41) is 9.48. The third-order valence-electron chi connectivity index (χ3n) is 4.38. The van der Waals surface area contributed by atoms with E-state index in [4.69, 9.17) is 14.4 Å². The number of hydrogen-bond donors (Lipinski definition) is 0. The molecule has 0 aliphatic rings. The fourth-order valence-corrected chi connectivity index (χ4v) is 2.87. The first-order chi connectivity index (χ1) is 13.6. The molecule has 4 nitrogen and oxygen atoms in total. The standard InChI is InChI=1S/C23H14FNO3/c24-18-7-5-17(6-8-18)23(26)21-14-28-22-10-9-19(11-20(21)22)27-13-16-3-1-15(12-25)2-4-16/h1-11,14H,13H2. The van der Waals surface area contributed by atoms with Crippen LogP contribution in [0.2, 0.25) is 0 Å². The average molecular weight is 371 g/mol. The summed E-state index contributed by atoms with van der Waals surface area (Å²) >= 11 is 0. The Kier molecular flexibility index (Phi) is 4.61. The molecule has 3 aromatic carbocycles. The highest BCUT2D eigenvalue weighted by atomic mass is 19.1. The van der Waals surface area contributed by atoms with Crippen molar-refractivity contribution in [2.75, 3.05) is 0 Å². The van der Waals surface area contributed by atoms with Crippen molar-refractivity contribution in [1.82, 2.24) is 0 Å². The van der Waals surface area contributed by atoms with Gasteiger partial charge in [0.05, 0.1) is 17.2 Å². The Morgan fingerprint density at radius 1 is 1.04 bits per heavy atom. The predicted octanol–water partition coefficient (Wildman–Crippen LogP) is 5.25. The lowest BCUT2D eigenvalue weighted by Gasteiger charge is -2.07. The SMILES string of the molecule is N#Cc1ccc(COc2ccc3occ(C(=O)c4ccc(F)cc4)c3c2)cc1. The monoisotopic (exact) mass is 371 g/mol. The number of fused-ring (bicyclic) bond motifs is 1. The van der Waals surface area contributed by atoms with Gasteiger partial charge in [-0.25, -0.2) is 4.39 Å². The first-order valence-electron chi connectivity index (χ1n) is 8.57.